The number of benzene rings is 4. The van der Waals surface area contributed by atoms with Crippen LogP contribution in [0.3, 0.4) is 0 Å². The predicted molar refractivity (Wildman–Crippen MR) is 160 cm³/mol. The second-order valence-electron chi connectivity index (χ2n) is 9.46. The standard InChI is InChI=1S/C34H38O7/c1-35-27-11-7-9-23(17-27)13-14-24-10-8-12-28(18-24)41-32-22-26(21-31(38-4)34(32)40-6)16-15-25-19-29(36-2)33(39-5)30(20-25)37-3/h7-12,17-22H,13-16H2,1-6H3. The lowest BCUT2D eigenvalue weighted by atomic mass is 10.0. The van der Waals surface area contributed by atoms with Crippen LogP contribution < -0.4 is 33.2 Å². The minimum Gasteiger partial charge on any atom is -0.497 e. The van der Waals surface area contributed by atoms with E-state index in [0.717, 1.165) is 48.3 Å². The third-order valence-electron chi connectivity index (χ3n) is 6.89. The zero-order chi connectivity index (χ0) is 29.2. The first-order chi connectivity index (χ1) is 20.0. The van der Waals surface area contributed by atoms with Crippen LogP contribution in [-0.2, 0) is 25.7 Å². The third-order valence-corrected chi connectivity index (χ3v) is 6.89. The van der Waals surface area contributed by atoms with Gasteiger partial charge in [0.25, 0.3) is 0 Å². The van der Waals surface area contributed by atoms with Crippen LogP contribution in [0, 0.1) is 0 Å². The first-order valence-corrected chi connectivity index (χ1v) is 13.4. The Hall–Kier alpha value is -4.52. The average molecular weight is 559 g/mol. The van der Waals surface area contributed by atoms with Crippen molar-refractivity contribution in [2.75, 3.05) is 42.7 Å². The summed E-state index contributed by atoms with van der Waals surface area (Å²) in [5.41, 5.74) is 4.50. The smallest absolute Gasteiger partial charge is 0.203 e. The maximum absolute atomic E-state index is 6.39. The highest BCUT2D eigenvalue weighted by molar-refractivity contribution is 5.56. The van der Waals surface area contributed by atoms with Gasteiger partial charge in [-0.3, -0.25) is 0 Å². The van der Waals surface area contributed by atoms with E-state index in [0.29, 0.717) is 34.5 Å². The highest BCUT2D eigenvalue weighted by Crippen LogP contribution is 2.42. The number of hydrogen-bond donors (Lipinski definition) is 0. The van der Waals surface area contributed by atoms with Crippen LogP contribution in [0.25, 0.3) is 0 Å². The maximum atomic E-state index is 6.39. The molecule has 4 aromatic rings. The second kappa shape index (κ2) is 14.2. The molecule has 41 heavy (non-hydrogen) atoms. The molecule has 7 heteroatoms. The average Bonchev–Trinajstić information content (AvgIpc) is 3.02. The van der Waals surface area contributed by atoms with Crippen LogP contribution in [0.4, 0.5) is 0 Å². The summed E-state index contributed by atoms with van der Waals surface area (Å²) in [6.45, 7) is 0. The Morgan fingerprint density at radius 2 is 0.805 bits per heavy atom. The van der Waals surface area contributed by atoms with Crippen molar-refractivity contribution in [3.8, 4) is 46.0 Å². The van der Waals surface area contributed by atoms with Crippen LogP contribution in [0.5, 0.6) is 46.0 Å². The van der Waals surface area contributed by atoms with Crippen molar-refractivity contribution >= 4 is 0 Å². The number of methoxy groups -OCH3 is 6. The molecule has 0 N–H and O–H groups in total. The number of rotatable bonds is 14. The van der Waals surface area contributed by atoms with Crippen LogP contribution in [0.15, 0.2) is 72.8 Å². The molecule has 7 nitrogen and oxygen atoms in total. The molecule has 0 aromatic heterocycles. The summed E-state index contributed by atoms with van der Waals surface area (Å²) >= 11 is 0. The third kappa shape index (κ3) is 7.37. The van der Waals surface area contributed by atoms with E-state index >= 15 is 0 Å². The Labute approximate surface area is 242 Å². The summed E-state index contributed by atoms with van der Waals surface area (Å²) in [4.78, 5) is 0. The van der Waals surface area contributed by atoms with E-state index in [2.05, 4.69) is 24.3 Å². The van der Waals surface area contributed by atoms with Gasteiger partial charge in [-0.1, -0.05) is 24.3 Å². The zero-order valence-electron chi connectivity index (χ0n) is 24.6. The van der Waals surface area contributed by atoms with Crippen LogP contribution in [-0.4, -0.2) is 42.7 Å². The highest BCUT2D eigenvalue weighted by atomic mass is 16.5. The summed E-state index contributed by atoms with van der Waals surface area (Å²) in [5, 5.41) is 0. The highest BCUT2D eigenvalue weighted by Gasteiger charge is 2.17. The lowest BCUT2D eigenvalue weighted by molar-refractivity contribution is 0.324. The van der Waals surface area contributed by atoms with E-state index < -0.39 is 0 Å². The van der Waals surface area contributed by atoms with Gasteiger partial charge in [-0.2, -0.15) is 0 Å². The number of aryl methyl sites for hydroxylation is 4. The molecular weight excluding hydrogens is 520 g/mol. The van der Waals surface area contributed by atoms with Gasteiger partial charge < -0.3 is 33.2 Å². The quantitative estimate of drug-likeness (QED) is 0.164. The molecule has 4 aromatic carbocycles. The first kappa shape index (κ1) is 29.5. The molecule has 0 unspecified atom stereocenters. The van der Waals surface area contributed by atoms with Crippen LogP contribution >= 0.6 is 0 Å². The molecule has 0 radical (unpaired) electrons. The van der Waals surface area contributed by atoms with Gasteiger partial charge in [0.2, 0.25) is 11.5 Å². The van der Waals surface area contributed by atoms with Gasteiger partial charge in [0, 0.05) is 0 Å². The van der Waals surface area contributed by atoms with Gasteiger partial charge in [0.1, 0.15) is 11.5 Å². The molecule has 0 heterocycles. The van der Waals surface area contributed by atoms with E-state index in [1.807, 2.05) is 48.5 Å². The maximum Gasteiger partial charge on any atom is 0.203 e. The first-order valence-electron chi connectivity index (χ1n) is 13.4. The molecule has 0 aliphatic rings. The van der Waals surface area contributed by atoms with E-state index in [1.54, 1.807) is 42.7 Å². The molecule has 0 aliphatic heterocycles. The summed E-state index contributed by atoms with van der Waals surface area (Å²) in [6, 6.07) is 24.2. The van der Waals surface area contributed by atoms with Gasteiger partial charge in [-0.15, -0.1) is 0 Å². The molecular formula is C34H38O7. The SMILES string of the molecule is COc1cccc(CCc2cccc(Oc3cc(CCc4cc(OC)c(OC)c(OC)c4)cc(OC)c3OC)c2)c1. The largest absolute Gasteiger partial charge is 0.497 e. The molecule has 4 rings (SSSR count). The molecule has 0 atom stereocenters. The fraction of sp³-hybridized carbons (Fsp3) is 0.294. The van der Waals surface area contributed by atoms with Crippen LogP contribution in [0.2, 0.25) is 0 Å². The Bertz CT molecular complexity index is 1420. The van der Waals surface area contributed by atoms with Crippen molar-refractivity contribution < 1.29 is 33.2 Å². The molecule has 0 amide bonds. The van der Waals surface area contributed by atoms with Crippen molar-refractivity contribution in [2.45, 2.75) is 25.7 Å². The van der Waals surface area contributed by atoms with Crippen molar-refractivity contribution in [3.05, 3.63) is 95.1 Å². The minimum atomic E-state index is 0.547. The zero-order valence-corrected chi connectivity index (χ0v) is 24.6. The van der Waals surface area contributed by atoms with Crippen molar-refractivity contribution in [3.63, 3.8) is 0 Å². The minimum absolute atomic E-state index is 0.547. The van der Waals surface area contributed by atoms with Crippen molar-refractivity contribution in [1.82, 2.24) is 0 Å². The topological polar surface area (TPSA) is 64.6 Å². The van der Waals surface area contributed by atoms with Gasteiger partial charge in [0.05, 0.1) is 42.7 Å². The molecule has 0 aliphatic carbocycles. The fourth-order valence-corrected chi connectivity index (χ4v) is 4.78. The summed E-state index contributed by atoms with van der Waals surface area (Å²) in [5.74, 6) is 5.18. The number of ether oxygens (including phenoxy) is 7. The van der Waals surface area contributed by atoms with E-state index in [9.17, 15) is 0 Å². The molecule has 0 saturated heterocycles. The fourth-order valence-electron chi connectivity index (χ4n) is 4.78. The van der Waals surface area contributed by atoms with Crippen molar-refractivity contribution in [1.29, 1.82) is 0 Å². The second-order valence-corrected chi connectivity index (χ2v) is 9.46. The molecule has 0 fully saturated rings. The van der Waals surface area contributed by atoms with Gasteiger partial charge >= 0.3 is 0 Å². The van der Waals surface area contributed by atoms with E-state index in [4.69, 9.17) is 33.2 Å². The summed E-state index contributed by atoms with van der Waals surface area (Å²) in [7, 11) is 9.77. The summed E-state index contributed by atoms with van der Waals surface area (Å²) in [6.07, 6.45) is 3.25. The monoisotopic (exact) mass is 558 g/mol. The van der Waals surface area contributed by atoms with Gasteiger partial charge in [-0.25, -0.2) is 0 Å². The summed E-state index contributed by atoms with van der Waals surface area (Å²) < 4.78 is 39.6. The van der Waals surface area contributed by atoms with E-state index in [1.165, 1.54) is 11.1 Å². The molecule has 216 valence electrons. The van der Waals surface area contributed by atoms with Gasteiger partial charge in [-0.05, 0) is 96.5 Å². The van der Waals surface area contributed by atoms with Crippen molar-refractivity contribution in [2.24, 2.45) is 0 Å². The number of hydrogen-bond acceptors (Lipinski definition) is 7. The normalized spacial score (nSPS) is 10.6. The Morgan fingerprint density at radius 3 is 1.27 bits per heavy atom. The predicted octanol–water partition coefficient (Wildman–Crippen LogP) is 7.10. The Morgan fingerprint density at radius 1 is 0.390 bits per heavy atom. The van der Waals surface area contributed by atoms with Gasteiger partial charge in [0.15, 0.2) is 23.0 Å². The lowest BCUT2D eigenvalue weighted by Gasteiger charge is -2.17. The Balaban J connectivity index is 1.53. The lowest BCUT2D eigenvalue weighted by Crippen LogP contribution is -2.00. The van der Waals surface area contributed by atoms with Crippen LogP contribution in [0.1, 0.15) is 22.3 Å². The van der Waals surface area contributed by atoms with E-state index in [-0.39, 0.29) is 0 Å². The molecule has 0 bridgehead atoms. The molecule has 0 spiro atoms. The molecule has 0 saturated carbocycles. The Kier molecular flexibility index (Phi) is 10.2.